The van der Waals surface area contributed by atoms with Crippen molar-refractivity contribution in [3.05, 3.63) is 23.5 Å². The molecule has 1 atom stereocenters. The Kier molecular flexibility index (Phi) is 4.81. The van der Waals surface area contributed by atoms with Gasteiger partial charge in [-0.05, 0) is 12.1 Å². The van der Waals surface area contributed by atoms with E-state index in [0.717, 1.165) is 23.6 Å². The molecule has 19 heavy (non-hydrogen) atoms. The Morgan fingerprint density at radius 2 is 2.32 bits per heavy atom. The molecule has 104 valence electrons. The monoisotopic (exact) mass is 302 g/mol. The van der Waals surface area contributed by atoms with Gasteiger partial charge in [0.25, 0.3) is 0 Å². The van der Waals surface area contributed by atoms with Gasteiger partial charge in [-0.2, -0.15) is 23.5 Å². The summed E-state index contributed by atoms with van der Waals surface area (Å²) in [6.07, 6.45) is 0. The summed E-state index contributed by atoms with van der Waals surface area (Å²) in [5.41, 5.74) is 6.06. The first kappa shape index (κ1) is 14.3. The third-order valence-corrected chi connectivity index (χ3v) is 5.62. The maximum absolute atomic E-state index is 13.6. The van der Waals surface area contributed by atoms with E-state index >= 15 is 0 Å². The minimum Gasteiger partial charge on any atom is -0.478 e. The molecule has 1 unspecified atom stereocenters. The lowest BCUT2D eigenvalue weighted by Gasteiger charge is -2.22. The van der Waals surface area contributed by atoms with Crippen LogP contribution in [0.5, 0.6) is 0 Å². The molecule has 1 saturated heterocycles. The second-order valence-electron chi connectivity index (χ2n) is 4.17. The van der Waals surface area contributed by atoms with Gasteiger partial charge in [0.1, 0.15) is 5.82 Å². The standard InChI is InChI=1S/C12H15FN2O2S2/c13-9-4-11(10(14)3-8(9)12(16)17)15-5-7-6-18-1-2-19-7/h3-4,7,15H,1-2,5-6,14H2,(H,16,17). The van der Waals surface area contributed by atoms with Gasteiger partial charge in [0.15, 0.2) is 0 Å². The number of nitrogens with two attached hydrogens (primary N) is 1. The Morgan fingerprint density at radius 3 is 2.95 bits per heavy atom. The molecule has 1 aromatic rings. The molecule has 1 aromatic carbocycles. The number of hydrogen-bond donors (Lipinski definition) is 3. The average molecular weight is 302 g/mol. The maximum atomic E-state index is 13.6. The van der Waals surface area contributed by atoms with Crippen LogP contribution in [0.2, 0.25) is 0 Å². The highest BCUT2D eigenvalue weighted by Crippen LogP contribution is 2.27. The fourth-order valence-corrected chi connectivity index (χ4v) is 4.40. The van der Waals surface area contributed by atoms with Gasteiger partial charge in [-0.25, -0.2) is 9.18 Å². The van der Waals surface area contributed by atoms with Gasteiger partial charge in [0, 0.05) is 29.1 Å². The van der Waals surface area contributed by atoms with Gasteiger partial charge in [0.2, 0.25) is 0 Å². The smallest absolute Gasteiger partial charge is 0.338 e. The fraction of sp³-hybridized carbons (Fsp3) is 0.417. The summed E-state index contributed by atoms with van der Waals surface area (Å²) in [5, 5.41) is 12.4. The van der Waals surface area contributed by atoms with Crippen molar-refractivity contribution in [2.75, 3.05) is 34.9 Å². The van der Waals surface area contributed by atoms with Gasteiger partial charge >= 0.3 is 5.97 Å². The summed E-state index contributed by atoms with van der Waals surface area (Å²) in [5.74, 6) is 1.28. The Hall–Kier alpha value is -1.08. The minimum atomic E-state index is -1.31. The van der Waals surface area contributed by atoms with Crippen molar-refractivity contribution in [2.24, 2.45) is 0 Å². The van der Waals surface area contributed by atoms with E-state index in [0.29, 0.717) is 17.5 Å². The predicted octanol–water partition coefficient (Wildman–Crippen LogP) is 2.37. The Bertz CT molecular complexity index is 479. The quantitative estimate of drug-likeness (QED) is 0.741. The van der Waals surface area contributed by atoms with Crippen molar-refractivity contribution < 1.29 is 14.3 Å². The van der Waals surface area contributed by atoms with Crippen molar-refractivity contribution in [1.82, 2.24) is 0 Å². The van der Waals surface area contributed by atoms with E-state index in [4.69, 9.17) is 10.8 Å². The minimum absolute atomic E-state index is 0.257. The number of carbonyl (C=O) groups is 1. The first-order chi connectivity index (χ1) is 9.08. The van der Waals surface area contributed by atoms with E-state index in [2.05, 4.69) is 5.32 Å². The van der Waals surface area contributed by atoms with Crippen LogP contribution in [-0.4, -0.2) is 40.1 Å². The van der Waals surface area contributed by atoms with Crippen LogP contribution in [0, 0.1) is 5.82 Å². The zero-order valence-corrected chi connectivity index (χ0v) is 11.8. The molecule has 0 amide bonds. The highest BCUT2D eigenvalue weighted by atomic mass is 32.2. The van der Waals surface area contributed by atoms with Gasteiger partial charge in [0.05, 0.1) is 16.9 Å². The molecule has 0 saturated carbocycles. The molecule has 0 aliphatic carbocycles. The largest absolute Gasteiger partial charge is 0.478 e. The first-order valence-electron chi connectivity index (χ1n) is 5.83. The molecule has 1 aliphatic rings. The van der Waals surface area contributed by atoms with E-state index in [-0.39, 0.29) is 5.69 Å². The summed E-state index contributed by atoms with van der Waals surface area (Å²) in [4.78, 5) is 10.8. The number of benzene rings is 1. The molecule has 2 rings (SSSR count). The average Bonchev–Trinajstić information content (AvgIpc) is 2.40. The highest BCUT2D eigenvalue weighted by molar-refractivity contribution is 8.06. The molecule has 0 bridgehead atoms. The number of nitrogen functional groups attached to an aromatic ring is 1. The summed E-state index contributed by atoms with van der Waals surface area (Å²) < 4.78 is 13.6. The van der Waals surface area contributed by atoms with Crippen molar-refractivity contribution >= 4 is 40.9 Å². The van der Waals surface area contributed by atoms with Gasteiger partial charge in [-0.3, -0.25) is 0 Å². The van der Waals surface area contributed by atoms with E-state index in [1.807, 2.05) is 23.5 Å². The second-order valence-corrected chi connectivity index (χ2v) is 6.73. The third kappa shape index (κ3) is 3.70. The highest BCUT2D eigenvalue weighted by Gasteiger charge is 2.16. The number of aromatic carboxylic acids is 1. The maximum Gasteiger partial charge on any atom is 0.338 e. The van der Waals surface area contributed by atoms with Crippen LogP contribution < -0.4 is 11.1 Å². The van der Waals surface area contributed by atoms with Crippen LogP contribution in [0.1, 0.15) is 10.4 Å². The van der Waals surface area contributed by atoms with Crippen molar-refractivity contribution in [3.8, 4) is 0 Å². The van der Waals surface area contributed by atoms with E-state index < -0.39 is 17.3 Å². The van der Waals surface area contributed by atoms with Crippen LogP contribution in [0.15, 0.2) is 12.1 Å². The lowest BCUT2D eigenvalue weighted by Crippen LogP contribution is -2.23. The molecular formula is C12H15FN2O2S2. The van der Waals surface area contributed by atoms with Crippen molar-refractivity contribution in [2.45, 2.75) is 5.25 Å². The molecule has 0 aromatic heterocycles. The van der Waals surface area contributed by atoms with Crippen LogP contribution in [0.25, 0.3) is 0 Å². The molecular weight excluding hydrogens is 287 g/mol. The van der Waals surface area contributed by atoms with Crippen LogP contribution in [0.4, 0.5) is 15.8 Å². The predicted molar refractivity (Wildman–Crippen MR) is 79.8 cm³/mol. The van der Waals surface area contributed by atoms with Crippen LogP contribution in [0.3, 0.4) is 0 Å². The summed E-state index contributed by atoms with van der Waals surface area (Å²) in [6, 6.07) is 2.31. The second kappa shape index (κ2) is 6.38. The van der Waals surface area contributed by atoms with Crippen LogP contribution in [-0.2, 0) is 0 Å². The molecule has 1 fully saturated rings. The lowest BCUT2D eigenvalue weighted by molar-refractivity contribution is 0.0692. The fourth-order valence-electron chi connectivity index (χ4n) is 1.79. The normalized spacial score (nSPS) is 19.1. The van der Waals surface area contributed by atoms with Gasteiger partial charge < -0.3 is 16.2 Å². The number of carboxylic acids is 1. The molecule has 0 spiro atoms. The zero-order valence-electron chi connectivity index (χ0n) is 10.2. The summed E-state index contributed by atoms with van der Waals surface area (Å²) in [7, 11) is 0. The Balaban J connectivity index is 2.04. The number of thioether (sulfide) groups is 2. The SMILES string of the molecule is Nc1cc(C(=O)O)c(F)cc1NCC1CSCCS1. The zero-order chi connectivity index (χ0) is 13.8. The number of rotatable bonds is 4. The van der Waals surface area contributed by atoms with E-state index in [9.17, 15) is 9.18 Å². The molecule has 7 heteroatoms. The summed E-state index contributed by atoms with van der Waals surface area (Å²) in [6.45, 7) is 0.702. The summed E-state index contributed by atoms with van der Waals surface area (Å²) >= 11 is 3.80. The van der Waals surface area contributed by atoms with E-state index in [1.165, 1.54) is 5.75 Å². The van der Waals surface area contributed by atoms with Crippen molar-refractivity contribution in [3.63, 3.8) is 0 Å². The molecule has 1 heterocycles. The number of anilines is 2. The third-order valence-electron chi connectivity index (χ3n) is 2.77. The van der Waals surface area contributed by atoms with Gasteiger partial charge in [-0.15, -0.1) is 0 Å². The topological polar surface area (TPSA) is 75.4 Å². The Labute approximate surface area is 119 Å². The molecule has 1 aliphatic heterocycles. The molecule has 0 radical (unpaired) electrons. The number of nitrogens with one attached hydrogen (secondary N) is 1. The molecule has 4 nitrogen and oxygen atoms in total. The van der Waals surface area contributed by atoms with Crippen LogP contribution >= 0.6 is 23.5 Å². The first-order valence-corrected chi connectivity index (χ1v) is 8.04. The Morgan fingerprint density at radius 1 is 1.53 bits per heavy atom. The van der Waals surface area contributed by atoms with Gasteiger partial charge in [-0.1, -0.05) is 0 Å². The number of halogens is 1. The molecule has 4 N–H and O–H groups in total. The number of carboxylic acid groups (broad SMARTS) is 1. The van der Waals surface area contributed by atoms with Crippen molar-refractivity contribution in [1.29, 1.82) is 0 Å². The van der Waals surface area contributed by atoms with E-state index in [1.54, 1.807) is 0 Å². The lowest BCUT2D eigenvalue weighted by atomic mass is 10.1. The number of hydrogen-bond acceptors (Lipinski definition) is 5.